The average molecular weight is 404 g/mol. The summed E-state index contributed by atoms with van der Waals surface area (Å²) in [6, 6.07) is 1.79. The van der Waals surface area contributed by atoms with E-state index < -0.39 is 0 Å². The van der Waals surface area contributed by atoms with Crippen LogP contribution in [-0.2, 0) is 16.0 Å². The Morgan fingerprint density at radius 2 is 2.10 bits per heavy atom. The number of piperidine rings is 2. The van der Waals surface area contributed by atoms with Crippen LogP contribution in [0.15, 0.2) is 10.6 Å². The van der Waals surface area contributed by atoms with Gasteiger partial charge in [0, 0.05) is 45.3 Å². The molecule has 0 radical (unpaired) electrons. The highest BCUT2D eigenvalue weighted by atomic mass is 16.5. The zero-order valence-electron chi connectivity index (χ0n) is 17.7. The van der Waals surface area contributed by atoms with E-state index in [1.807, 2.05) is 9.80 Å². The van der Waals surface area contributed by atoms with Gasteiger partial charge in [-0.3, -0.25) is 9.59 Å². The summed E-state index contributed by atoms with van der Waals surface area (Å²) < 4.78 is 11.1. The quantitative estimate of drug-likeness (QED) is 0.756. The molecule has 0 unspecified atom stereocenters. The van der Waals surface area contributed by atoms with Gasteiger partial charge in [0.2, 0.25) is 11.7 Å². The van der Waals surface area contributed by atoms with Gasteiger partial charge in [0.1, 0.15) is 0 Å². The molecule has 0 N–H and O–H groups in total. The van der Waals surface area contributed by atoms with Gasteiger partial charge in [-0.2, -0.15) is 0 Å². The average Bonchev–Trinajstić information content (AvgIpc) is 3.37. The minimum Gasteiger partial charge on any atom is -0.376 e. The number of hydrogen-bond donors (Lipinski definition) is 0. The normalized spacial score (nSPS) is 24.7. The van der Waals surface area contributed by atoms with E-state index in [9.17, 15) is 9.59 Å². The van der Waals surface area contributed by atoms with Crippen LogP contribution in [0.25, 0.3) is 0 Å². The Morgan fingerprint density at radius 1 is 1.31 bits per heavy atom. The second kappa shape index (κ2) is 8.46. The number of likely N-dealkylation sites (tertiary alicyclic amines) is 2. The van der Waals surface area contributed by atoms with Crippen molar-refractivity contribution in [2.24, 2.45) is 11.3 Å². The Bertz CT molecular complexity index is 730. The first kappa shape index (κ1) is 20.4. The third kappa shape index (κ3) is 4.65. The Hall–Kier alpha value is -1.89. The van der Waals surface area contributed by atoms with Crippen molar-refractivity contribution in [3.8, 4) is 0 Å². The maximum atomic E-state index is 12.8. The van der Waals surface area contributed by atoms with E-state index in [4.69, 9.17) is 9.26 Å². The minimum absolute atomic E-state index is 0.0644. The number of carbonyl (C=O) groups excluding carboxylic acids is 2. The predicted molar refractivity (Wildman–Crippen MR) is 107 cm³/mol. The Morgan fingerprint density at radius 3 is 2.79 bits per heavy atom. The molecule has 3 fully saturated rings. The molecule has 3 aliphatic rings. The molecule has 1 spiro atoms. The van der Waals surface area contributed by atoms with E-state index in [1.165, 1.54) is 0 Å². The molecule has 0 bridgehead atoms. The molecule has 1 atom stereocenters. The third-order valence-corrected chi connectivity index (χ3v) is 6.69. The number of aromatic nitrogens is 1. The molecular weight excluding hydrogens is 370 g/mol. The lowest BCUT2D eigenvalue weighted by Crippen LogP contribution is -2.53. The van der Waals surface area contributed by atoms with Gasteiger partial charge in [0.15, 0.2) is 0 Å². The maximum absolute atomic E-state index is 12.8. The van der Waals surface area contributed by atoms with Crippen molar-refractivity contribution in [1.82, 2.24) is 15.0 Å². The van der Waals surface area contributed by atoms with Gasteiger partial charge in [-0.15, -0.1) is 0 Å². The molecule has 29 heavy (non-hydrogen) atoms. The van der Waals surface area contributed by atoms with E-state index >= 15 is 0 Å². The van der Waals surface area contributed by atoms with Crippen LogP contribution in [0, 0.1) is 11.3 Å². The standard InChI is InChI=1S/C22H33N3O4/c1-16(2)12-17-13-19(29-23-17)21(27)24-9-7-22(8-10-24)6-5-20(26)25(15-22)14-18-4-3-11-28-18/h13,16,18H,3-12,14-15H2,1-2H3/t18-/m0/s1. The van der Waals surface area contributed by atoms with E-state index in [1.54, 1.807) is 6.07 Å². The number of nitrogens with zero attached hydrogens (tertiary/aromatic N) is 3. The van der Waals surface area contributed by atoms with Gasteiger partial charge in [-0.05, 0) is 49.9 Å². The van der Waals surface area contributed by atoms with E-state index in [0.29, 0.717) is 31.2 Å². The van der Waals surface area contributed by atoms with Crippen LogP contribution in [0.3, 0.4) is 0 Å². The third-order valence-electron chi connectivity index (χ3n) is 6.69. The van der Waals surface area contributed by atoms with Crippen LogP contribution < -0.4 is 0 Å². The Balaban J connectivity index is 1.33. The van der Waals surface area contributed by atoms with Crippen molar-refractivity contribution in [2.75, 3.05) is 32.8 Å². The highest BCUT2D eigenvalue weighted by Gasteiger charge is 2.42. The number of carbonyl (C=O) groups is 2. The Kier molecular flexibility index (Phi) is 5.95. The zero-order valence-corrected chi connectivity index (χ0v) is 17.7. The summed E-state index contributed by atoms with van der Waals surface area (Å²) in [6.45, 7) is 8.00. The summed E-state index contributed by atoms with van der Waals surface area (Å²) in [6.07, 6.45) is 6.56. The van der Waals surface area contributed by atoms with Crippen LogP contribution >= 0.6 is 0 Å². The van der Waals surface area contributed by atoms with Crippen molar-refractivity contribution >= 4 is 11.8 Å². The van der Waals surface area contributed by atoms with Gasteiger partial charge >= 0.3 is 0 Å². The molecule has 0 aromatic carbocycles. The van der Waals surface area contributed by atoms with Crippen molar-refractivity contribution in [2.45, 2.75) is 64.9 Å². The smallest absolute Gasteiger partial charge is 0.292 e. The molecule has 4 heterocycles. The molecule has 160 valence electrons. The van der Waals surface area contributed by atoms with Gasteiger partial charge in [0.05, 0.1) is 11.8 Å². The molecule has 1 aromatic heterocycles. The molecule has 3 saturated heterocycles. The summed E-state index contributed by atoms with van der Waals surface area (Å²) in [4.78, 5) is 29.2. The number of amides is 2. The number of rotatable bonds is 5. The summed E-state index contributed by atoms with van der Waals surface area (Å²) in [7, 11) is 0. The lowest BCUT2D eigenvalue weighted by Gasteiger charge is -2.47. The van der Waals surface area contributed by atoms with Gasteiger partial charge in [-0.1, -0.05) is 19.0 Å². The largest absolute Gasteiger partial charge is 0.376 e. The van der Waals surface area contributed by atoms with E-state index in [2.05, 4.69) is 19.0 Å². The lowest BCUT2D eigenvalue weighted by atomic mass is 9.72. The predicted octanol–water partition coefficient (Wildman–Crippen LogP) is 2.90. The summed E-state index contributed by atoms with van der Waals surface area (Å²) in [5.74, 6) is 1.01. The molecule has 4 rings (SSSR count). The minimum atomic E-state index is -0.0644. The van der Waals surface area contributed by atoms with Crippen molar-refractivity contribution in [3.05, 3.63) is 17.5 Å². The Labute approximate surface area is 172 Å². The monoisotopic (exact) mass is 403 g/mol. The van der Waals surface area contributed by atoms with Gasteiger partial charge in [-0.25, -0.2) is 0 Å². The van der Waals surface area contributed by atoms with Gasteiger partial charge in [0.25, 0.3) is 5.91 Å². The molecule has 2 amide bonds. The summed E-state index contributed by atoms with van der Waals surface area (Å²) >= 11 is 0. The topological polar surface area (TPSA) is 75.9 Å². The van der Waals surface area contributed by atoms with Crippen molar-refractivity contribution < 1.29 is 18.8 Å². The van der Waals surface area contributed by atoms with Crippen LogP contribution in [0.2, 0.25) is 0 Å². The summed E-state index contributed by atoms with van der Waals surface area (Å²) in [5, 5.41) is 4.04. The highest BCUT2D eigenvalue weighted by Crippen LogP contribution is 2.40. The second-order valence-electron chi connectivity index (χ2n) is 9.48. The molecule has 1 aromatic rings. The SMILES string of the molecule is CC(C)Cc1cc(C(=O)N2CCC3(CCC(=O)N(C[C@@H]4CCCO4)C3)CC2)on1. The lowest BCUT2D eigenvalue weighted by molar-refractivity contribution is -0.141. The first-order chi connectivity index (χ1) is 13.9. The molecular formula is C22H33N3O4. The fraction of sp³-hybridized carbons (Fsp3) is 0.773. The van der Waals surface area contributed by atoms with Crippen molar-refractivity contribution in [3.63, 3.8) is 0 Å². The van der Waals surface area contributed by atoms with Crippen LogP contribution in [-0.4, -0.2) is 65.7 Å². The number of ether oxygens (including phenoxy) is 1. The fourth-order valence-corrected chi connectivity index (χ4v) is 4.98. The molecule has 7 heteroatoms. The van der Waals surface area contributed by atoms with E-state index in [0.717, 1.165) is 63.9 Å². The van der Waals surface area contributed by atoms with Crippen LogP contribution in [0.4, 0.5) is 0 Å². The highest BCUT2D eigenvalue weighted by molar-refractivity contribution is 5.91. The van der Waals surface area contributed by atoms with Crippen LogP contribution in [0.5, 0.6) is 0 Å². The first-order valence-corrected chi connectivity index (χ1v) is 11.1. The molecule has 0 saturated carbocycles. The first-order valence-electron chi connectivity index (χ1n) is 11.1. The van der Waals surface area contributed by atoms with Gasteiger partial charge < -0.3 is 19.1 Å². The molecule has 7 nitrogen and oxygen atoms in total. The summed E-state index contributed by atoms with van der Waals surface area (Å²) in [5.41, 5.74) is 0.973. The van der Waals surface area contributed by atoms with Crippen molar-refractivity contribution in [1.29, 1.82) is 0 Å². The fourth-order valence-electron chi connectivity index (χ4n) is 4.98. The van der Waals surface area contributed by atoms with E-state index in [-0.39, 0.29) is 23.3 Å². The molecule has 0 aliphatic carbocycles. The van der Waals surface area contributed by atoms with Crippen LogP contribution in [0.1, 0.15) is 68.6 Å². The zero-order chi connectivity index (χ0) is 20.4. The second-order valence-corrected chi connectivity index (χ2v) is 9.48. The molecule has 3 aliphatic heterocycles. The number of hydrogen-bond acceptors (Lipinski definition) is 5. The maximum Gasteiger partial charge on any atom is 0.292 e.